The molecular weight excluding hydrogens is 448 g/mol. The lowest BCUT2D eigenvalue weighted by atomic mass is 9.87. The van der Waals surface area contributed by atoms with Gasteiger partial charge in [0, 0.05) is 44.5 Å². The van der Waals surface area contributed by atoms with Crippen LogP contribution >= 0.6 is 0 Å². The number of ether oxygens (including phenoxy) is 2. The zero-order valence-corrected chi connectivity index (χ0v) is 21.5. The van der Waals surface area contributed by atoms with Crippen LogP contribution in [0.5, 0.6) is 0 Å². The Hall–Kier alpha value is -2.49. The number of ketones is 1. The van der Waals surface area contributed by atoms with E-state index in [4.69, 9.17) is 9.47 Å². The van der Waals surface area contributed by atoms with Gasteiger partial charge >= 0.3 is 0 Å². The molecular formula is C26H38N4O5. The van der Waals surface area contributed by atoms with E-state index in [0.717, 1.165) is 31.9 Å². The summed E-state index contributed by atoms with van der Waals surface area (Å²) >= 11 is 0. The minimum Gasteiger partial charge on any atom is -0.377 e. The van der Waals surface area contributed by atoms with Gasteiger partial charge in [-0.2, -0.15) is 0 Å². The summed E-state index contributed by atoms with van der Waals surface area (Å²) in [5.74, 6) is -0.690. The van der Waals surface area contributed by atoms with E-state index in [1.54, 1.807) is 12.0 Å². The van der Waals surface area contributed by atoms with Crippen molar-refractivity contribution in [1.29, 1.82) is 0 Å². The number of carbonyl (C=O) groups is 3. The fraction of sp³-hybridized carbons (Fsp3) is 0.654. The fourth-order valence-electron chi connectivity index (χ4n) is 5.19. The highest BCUT2D eigenvalue weighted by atomic mass is 16.5. The van der Waals surface area contributed by atoms with Gasteiger partial charge in [-0.1, -0.05) is 20.8 Å². The molecule has 3 heterocycles. The first-order valence-corrected chi connectivity index (χ1v) is 12.4. The van der Waals surface area contributed by atoms with Crippen molar-refractivity contribution in [3.8, 4) is 0 Å². The second kappa shape index (κ2) is 10.2. The standard InChI is InChI=1S/C26H38N4O5/c1-26(2,3)14-19(25(33)30-15-21(34-5)23-22(30)20(31)16-35-23)27-24(32)17-6-8-18(9-7-17)29-12-10-28(4)11-13-29/h6-9,19,21-23H,10-16H2,1-5H3,(H,27,32)/t19?,21-,22+,23+/m0/s1. The number of carbonyl (C=O) groups excluding carboxylic acids is 3. The summed E-state index contributed by atoms with van der Waals surface area (Å²) in [5, 5.41) is 2.96. The molecule has 9 nitrogen and oxygen atoms in total. The number of benzene rings is 1. The molecule has 35 heavy (non-hydrogen) atoms. The molecule has 2 amide bonds. The van der Waals surface area contributed by atoms with Gasteiger partial charge in [0.25, 0.3) is 5.91 Å². The molecule has 0 aromatic heterocycles. The maximum atomic E-state index is 13.7. The molecule has 3 saturated heterocycles. The molecule has 4 atom stereocenters. The quantitative estimate of drug-likeness (QED) is 0.645. The van der Waals surface area contributed by atoms with Crippen molar-refractivity contribution in [2.75, 3.05) is 58.4 Å². The van der Waals surface area contributed by atoms with Gasteiger partial charge in [-0.25, -0.2) is 0 Å². The molecule has 1 N–H and O–H groups in total. The minimum atomic E-state index is -0.760. The lowest BCUT2D eigenvalue weighted by Crippen LogP contribution is -2.53. The third kappa shape index (κ3) is 5.68. The summed E-state index contributed by atoms with van der Waals surface area (Å²) in [5.41, 5.74) is 1.38. The molecule has 0 saturated carbocycles. The molecule has 0 spiro atoms. The first-order chi connectivity index (χ1) is 16.6. The lowest BCUT2D eigenvalue weighted by molar-refractivity contribution is -0.138. The minimum absolute atomic E-state index is 0.0189. The molecule has 3 aliphatic heterocycles. The highest BCUT2D eigenvalue weighted by molar-refractivity contribution is 5.99. The van der Waals surface area contributed by atoms with Gasteiger partial charge in [0.05, 0.1) is 6.54 Å². The van der Waals surface area contributed by atoms with E-state index in [0.29, 0.717) is 12.0 Å². The highest BCUT2D eigenvalue weighted by Gasteiger charge is 2.53. The van der Waals surface area contributed by atoms with Gasteiger partial charge in [0.1, 0.15) is 30.9 Å². The summed E-state index contributed by atoms with van der Waals surface area (Å²) in [6.45, 7) is 10.3. The summed E-state index contributed by atoms with van der Waals surface area (Å²) in [4.78, 5) is 45.5. The predicted octanol–water partition coefficient (Wildman–Crippen LogP) is 1.17. The van der Waals surface area contributed by atoms with Crippen LogP contribution < -0.4 is 10.2 Å². The van der Waals surface area contributed by atoms with Crippen LogP contribution in [0, 0.1) is 5.41 Å². The van der Waals surface area contributed by atoms with Crippen molar-refractivity contribution in [1.82, 2.24) is 15.1 Å². The van der Waals surface area contributed by atoms with Crippen LogP contribution in [-0.2, 0) is 19.1 Å². The van der Waals surface area contributed by atoms with E-state index in [9.17, 15) is 14.4 Å². The topological polar surface area (TPSA) is 91.4 Å². The number of fused-ring (bicyclic) bond motifs is 1. The van der Waals surface area contributed by atoms with Gasteiger partial charge in [-0.05, 0) is 43.1 Å². The van der Waals surface area contributed by atoms with Crippen LogP contribution in [0.2, 0.25) is 0 Å². The Morgan fingerprint density at radius 3 is 2.40 bits per heavy atom. The first-order valence-electron chi connectivity index (χ1n) is 12.4. The molecule has 0 aliphatic carbocycles. The van der Waals surface area contributed by atoms with Crippen LogP contribution in [0.1, 0.15) is 37.6 Å². The number of Topliss-reactive ketones (excluding diaryl/α,β-unsaturated/α-hetero) is 1. The molecule has 0 bridgehead atoms. The number of nitrogens with one attached hydrogen (secondary N) is 1. The van der Waals surface area contributed by atoms with Crippen LogP contribution in [0.15, 0.2) is 24.3 Å². The Morgan fingerprint density at radius 2 is 1.80 bits per heavy atom. The van der Waals surface area contributed by atoms with Gasteiger partial charge < -0.3 is 29.5 Å². The van der Waals surface area contributed by atoms with Crippen LogP contribution in [0.25, 0.3) is 0 Å². The van der Waals surface area contributed by atoms with Gasteiger partial charge in [0.15, 0.2) is 5.78 Å². The molecule has 1 aromatic rings. The van der Waals surface area contributed by atoms with Crippen LogP contribution in [0.4, 0.5) is 5.69 Å². The van der Waals surface area contributed by atoms with Crippen molar-refractivity contribution in [3.63, 3.8) is 0 Å². The summed E-state index contributed by atoms with van der Waals surface area (Å²) < 4.78 is 11.1. The maximum Gasteiger partial charge on any atom is 0.251 e. The van der Waals surface area contributed by atoms with E-state index in [1.807, 2.05) is 45.0 Å². The number of hydrogen-bond donors (Lipinski definition) is 1. The molecule has 3 aliphatic rings. The maximum absolute atomic E-state index is 13.7. The molecule has 3 fully saturated rings. The normalized spacial score (nSPS) is 26.1. The largest absolute Gasteiger partial charge is 0.377 e. The highest BCUT2D eigenvalue weighted by Crippen LogP contribution is 2.31. The molecule has 0 radical (unpaired) electrons. The monoisotopic (exact) mass is 486 g/mol. The third-order valence-corrected chi connectivity index (χ3v) is 7.14. The van der Waals surface area contributed by atoms with Crippen molar-refractivity contribution >= 4 is 23.3 Å². The fourth-order valence-corrected chi connectivity index (χ4v) is 5.19. The number of nitrogens with zero attached hydrogens (tertiary/aromatic N) is 3. The van der Waals surface area contributed by atoms with Gasteiger partial charge in [0.2, 0.25) is 5.91 Å². The van der Waals surface area contributed by atoms with Crippen molar-refractivity contribution < 1.29 is 23.9 Å². The summed E-state index contributed by atoms with van der Waals surface area (Å²) in [6.07, 6.45) is -0.370. The Kier molecular flexibility index (Phi) is 7.49. The Balaban J connectivity index is 1.48. The van der Waals surface area contributed by atoms with E-state index in [-0.39, 0.29) is 42.3 Å². The molecule has 9 heteroatoms. The third-order valence-electron chi connectivity index (χ3n) is 7.14. The SMILES string of the molecule is CO[C@H]1CN(C(=O)C(CC(C)(C)C)NC(=O)c2ccc(N3CCN(C)CC3)cc2)[C@@H]2C(=O)CO[C@H]12. The lowest BCUT2D eigenvalue weighted by Gasteiger charge is -2.34. The molecule has 4 rings (SSSR count). The average molecular weight is 487 g/mol. The number of amides is 2. The second-order valence-electron chi connectivity index (χ2n) is 11.1. The Bertz CT molecular complexity index is 936. The molecule has 192 valence electrons. The molecule has 1 aromatic carbocycles. The van der Waals surface area contributed by atoms with Gasteiger partial charge in [-0.3, -0.25) is 14.4 Å². The molecule has 1 unspecified atom stereocenters. The van der Waals surface area contributed by atoms with E-state index < -0.39 is 18.2 Å². The smallest absolute Gasteiger partial charge is 0.251 e. The van der Waals surface area contributed by atoms with Crippen LogP contribution in [0.3, 0.4) is 0 Å². The van der Waals surface area contributed by atoms with Gasteiger partial charge in [-0.15, -0.1) is 0 Å². The van der Waals surface area contributed by atoms with Crippen LogP contribution in [-0.4, -0.2) is 105 Å². The zero-order valence-electron chi connectivity index (χ0n) is 21.5. The Labute approximate surface area is 207 Å². The second-order valence-corrected chi connectivity index (χ2v) is 11.1. The number of anilines is 1. The summed E-state index contributed by atoms with van der Waals surface area (Å²) in [6, 6.07) is 6.12. The van der Waals surface area contributed by atoms with Crippen molar-refractivity contribution in [3.05, 3.63) is 29.8 Å². The number of rotatable bonds is 6. The van der Waals surface area contributed by atoms with E-state index in [2.05, 4.69) is 22.2 Å². The summed E-state index contributed by atoms with van der Waals surface area (Å²) in [7, 11) is 3.68. The number of likely N-dealkylation sites (N-methyl/N-ethyl adjacent to an activating group) is 1. The van der Waals surface area contributed by atoms with E-state index >= 15 is 0 Å². The first kappa shape index (κ1) is 25.6. The predicted molar refractivity (Wildman–Crippen MR) is 133 cm³/mol. The number of methoxy groups -OCH3 is 1. The zero-order chi connectivity index (χ0) is 25.3. The van der Waals surface area contributed by atoms with E-state index in [1.165, 1.54) is 0 Å². The number of likely N-dealkylation sites (tertiary alicyclic amines) is 1. The number of piperazine rings is 1. The van der Waals surface area contributed by atoms with Crippen molar-refractivity contribution in [2.45, 2.75) is 51.5 Å². The van der Waals surface area contributed by atoms with Crippen molar-refractivity contribution in [2.24, 2.45) is 5.41 Å². The average Bonchev–Trinajstić information content (AvgIpc) is 3.38. The Morgan fingerprint density at radius 1 is 1.14 bits per heavy atom. The number of hydrogen-bond acceptors (Lipinski definition) is 7.